The third-order valence-electron chi connectivity index (χ3n) is 3.23. The fourth-order valence-electron chi connectivity index (χ4n) is 2.09. The molecule has 0 bridgehead atoms. The number of fused-ring (bicyclic) bond motifs is 1. The highest BCUT2D eigenvalue weighted by Crippen LogP contribution is 2.33. The van der Waals surface area contributed by atoms with Crippen molar-refractivity contribution in [3.63, 3.8) is 0 Å². The lowest BCUT2D eigenvalue weighted by atomic mass is 10.0. The summed E-state index contributed by atoms with van der Waals surface area (Å²) in [5.74, 6) is 0.247. The van der Waals surface area contributed by atoms with E-state index >= 15 is 0 Å². The third kappa shape index (κ3) is 1.61. The molecule has 5 heteroatoms. The van der Waals surface area contributed by atoms with Gasteiger partial charge < -0.3 is 0 Å². The molecule has 0 unspecified atom stereocenters. The molecule has 0 N–H and O–H groups in total. The Bertz CT molecular complexity index is 597. The summed E-state index contributed by atoms with van der Waals surface area (Å²) >= 11 is 1.51. The zero-order valence-corrected chi connectivity index (χ0v) is 10.7. The van der Waals surface area contributed by atoms with Gasteiger partial charge in [-0.05, 0) is 19.8 Å². The number of thiazole rings is 1. The largest absolute Gasteiger partial charge is 0.293 e. The molecule has 0 fully saturated rings. The molecular formula is C12H13N3OS. The number of carbonyl (C=O) groups is 1. The monoisotopic (exact) mass is 247 g/mol. The van der Waals surface area contributed by atoms with Gasteiger partial charge in [0.05, 0.1) is 22.3 Å². The number of aryl methyl sites for hydroxylation is 2. The Kier molecular flexibility index (Phi) is 2.36. The van der Waals surface area contributed by atoms with Crippen LogP contribution in [0.4, 0.5) is 0 Å². The van der Waals surface area contributed by atoms with Crippen molar-refractivity contribution in [2.75, 3.05) is 0 Å². The van der Waals surface area contributed by atoms with Gasteiger partial charge in [-0.1, -0.05) is 0 Å². The second kappa shape index (κ2) is 3.77. The highest BCUT2D eigenvalue weighted by atomic mass is 32.1. The van der Waals surface area contributed by atoms with Crippen molar-refractivity contribution < 1.29 is 4.79 Å². The average molecular weight is 247 g/mol. The van der Waals surface area contributed by atoms with Crippen LogP contribution in [0.1, 0.15) is 33.9 Å². The van der Waals surface area contributed by atoms with Gasteiger partial charge in [-0.3, -0.25) is 9.48 Å². The Hall–Kier alpha value is -1.49. The maximum atomic E-state index is 11.8. The molecule has 2 aromatic heterocycles. The Labute approximate surface area is 103 Å². The van der Waals surface area contributed by atoms with E-state index in [0.29, 0.717) is 6.42 Å². The second-order valence-corrected chi connectivity index (χ2v) is 5.34. The van der Waals surface area contributed by atoms with Crippen LogP contribution in [0, 0.1) is 6.92 Å². The minimum absolute atomic E-state index is 0.247. The van der Waals surface area contributed by atoms with Crippen molar-refractivity contribution in [2.45, 2.75) is 26.2 Å². The smallest absolute Gasteiger partial charge is 0.174 e. The van der Waals surface area contributed by atoms with E-state index < -0.39 is 0 Å². The van der Waals surface area contributed by atoms with Crippen LogP contribution in [0.2, 0.25) is 0 Å². The molecule has 0 atom stereocenters. The van der Waals surface area contributed by atoms with E-state index in [-0.39, 0.29) is 5.78 Å². The molecule has 0 radical (unpaired) electrons. The van der Waals surface area contributed by atoms with Crippen molar-refractivity contribution in [2.24, 2.45) is 7.05 Å². The Morgan fingerprint density at radius 1 is 1.41 bits per heavy atom. The molecule has 3 rings (SSSR count). The third-order valence-corrected chi connectivity index (χ3v) is 4.41. The predicted octanol–water partition coefficient (Wildman–Crippen LogP) is 2.37. The van der Waals surface area contributed by atoms with Gasteiger partial charge in [0.1, 0.15) is 5.01 Å². The molecule has 0 saturated heterocycles. The van der Waals surface area contributed by atoms with Crippen LogP contribution in [0.25, 0.3) is 10.6 Å². The van der Waals surface area contributed by atoms with Gasteiger partial charge in [-0.15, -0.1) is 11.3 Å². The molecule has 1 aliphatic rings. The fraction of sp³-hybridized carbons (Fsp3) is 0.417. The van der Waals surface area contributed by atoms with Gasteiger partial charge in [-0.2, -0.15) is 5.10 Å². The summed E-state index contributed by atoms with van der Waals surface area (Å²) in [7, 11) is 1.91. The number of ketones is 1. The minimum Gasteiger partial charge on any atom is -0.293 e. The zero-order valence-electron chi connectivity index (χ0n) is 9.86. The quantitative estimate of drug-likeness (QED) is 0.777. The number of Topliss-reactive ketones (excluding diaryl/α,β-unsaturated/α-hetero) is 1. The van der Waals surface area contributed by atoms with Gasteiger partial charge in [0.15, 0.2) is 5.78 Å². The first kappa shape index (κ1) is 10.7. The van der Waals surface area contributed by atoms with E-state index in [1.165, 1.54) is 11.3 Å². The second-order valence-electron chi connectivity index (χ2n) is 4.34. The summed E-state index contributed by atoms with van der Waals surface area (Å²) in [5, 5.41) is 5.14. The molecule has 1 aliphatic carbocycles. The number of hydrogen-bond acceptors (Lipinski definition) is 4. The summed E-state index contributed by atoms with van der Waals surface area (Å²) in [6.07, 6.45) is 4.35. The standard InChI is InChI=1S/C12H13N3OS/c1-7-8(6-13-15(7)2)12-14-9-4-3-5-10(16)11(9)17-12/h6H,3-5H2,1-2H3. The summed E-state index contributed by atoms with van der Waals surface area (Å²) in [6, 6.07) is 0. The lowest BCUT2D eigenvalue weighted by Crippen LogP contribution is -2.07. The van der Waals surface area contributed by atoms with Gasteiger partial charge in [0.25, 0.3) is 0 Å². The van der Waals surface area contributed by atoms with Crippen molar-refractivity contribution >= 4 is 17.1 Å². The summed E-state index contributed by atoms with van der Waals surface area (Å²) < 4.78 is 1.83. The van der Waals surface area contributed by atoms with Crippen molar-refractivity contribution in [3.05, 3.63) is 22.5 Å². The lowest BCUT2D eigenvalue weighted by molar-refractivity contribution is 0.0976. The molecule has 2 heterocycles. The van der Waals surface area contributed by atoms with Crippen LogP contribution in [0.3, 0.4) is 0 Å². The topological polar surface area (TPSA) is 47.8 Å². The van der Waals surface area contributed by atoms with E-state index in [9.17, 15) is 4.79 Å². The van der Waals surface area contributed by atoms with Crippen LogP contribution >= 0.6 is 11.3 Å². The molecule has 0 amide bonds. The van der Waals surface area contributed by atoms with E-state index in [4.69, 9.17) is 0 Å². The zero-order chi connectivity index (χ0) is 12.0. The van der Waals surface area contributed by atoms with Gasteiger partial charge in [0.2, 0.25) is 0 Å². The van der Waals surface area contributed by atoms with Crippen LogP contribution in [-0.4, -0.2) is 20.5 Å². The van der Waals surface area contributed by atoms with Gasteiger partial charge in [0, 0.05) is 19.2 Å². The first-order valence-electron chi connectivity index (χ1n) is 5.68. The maximum Gasteiger partial charge on any atom is 0.174 e. The Balaban J connectivity index is 2.11. The normalized spacial score (nSPS) is 15.1. The summed E-state index contributed by atoms with van der Waals surface area (Å²) in [4.78, 5) is 17.2. The molecule has 0 aliphatic heterocycles. The van der Waals surface area contributed by atoms with E-state index in [2.05, 4.69) is 10.1 Å². The number of aromatic nitrogens is 3. The number of carbonyl (C=O) groups excluding carboxylic acids is 1. The Morgan fingerprint density at radius 2 is 2.24 bits per heavy atom. The van der Waals surface area contributed by atoms with E-state index in [0.717, 1.165) is 39.7 Å². The van der Waals surface area contributed by atoms with Crippen LogP contribution in [-0.2, 0) is 13.5 Å². The van der Waals surface area contributed by atoms with Crippen molar-refractivity contribution in [1.82, 2.24) is 14.8 Å². The summed E-state index contributed by atoms with van der Waals surface area (Å²) in [5.41, 5.74) is 3.10. The molecule has 0 aromatic carbocycles. The molecule has 0 saturated carbocycles. The van der Waals surface area contributed by atoms with Crippen LogP contribution in [0.15, 0.2) is 6.20 Å². The van der Waals surface area contributed by atoms with E-state index in [1.807, 2.05) is 24.9 Å². The molecule has 2 aromatic rings. The minimum atomic E-state index is 0.247. The molecule has 4 nitrogen and oxygen atoms in total. The Morgan fingerprint density at radius 3 is 2.88 bits per heavy atom. The SMILES string of the molecule is Cc1c(-c2nc3c(s2)C(=O)CCC3)cnn1C. The first-order valence-corrected chi connectivity index (χ1v) is 6.50. The highest BCUT2D eigenvalue weighted by Gasteiger charge is 2.23. The molecule has 17 heavy (non-hydrogen) atoms. The van der Waals surface area contributed by atoms with Gasteiger partial charge in [-0.25, -0.2) is 4.98 Å². The summed E-state index contributed by atoms with van der Waals surface area (Å²) in [6.45, 7) is 2.02. The highest BCUT2D eigenvalue weighted by molar-refractivity contribution is 7.17. The molecule has 88 valence electrons. The number of rotatable bonds is 1. The van der Waals surface area contributed by atoms with Gasteiger partial charge >= 0.3 is 0 Å². The number of nitrogens with zero attached hydrogens (tertiary/aromatic N) is 3. The lowest BCUT2D eigenvalue weighted by Gasteiger charge is -2.06. The number of hydrogen-bond donors (Lipinski definition) is 0. The van der Waals surface area contributed by atoms with Crippen LogP contribution < -0.4 is 0 Å². The average Bonchev–Trinajstić information content (AvgIpc) is 2.85. The fourth-order valence-corrected chi connectivity index (χ4v) is 3.23. The predicted molar refractivity (Wildman–Crippen MR) is 66.3 cm³/mol. The van der Waals surface area contributed by atoms with Crippen molar-refractivity contribution in [3.8, 4) is 10.6 Å². The first-order chi connectivity index (χ1) is 8.16. The molecule has 0 spiro atoms. The van der Waals surface area contributed by atoms with Crippen molar-refractivity contribution in [1.29, 1.82) is 0 Å². The molecular weight excluding hydrogens is 234 g/mol. The maximum absolute atomic E-state index is 11.8. The van der Waals surface area contributed by atoms with Crippen LogP contribution in [0.5, 0.6) is 0 Å². The van der Waals surface area contributed by atoms with E-state index in [1.54, 1.807) is 0 Å².